The first-order chi connectivity index (χ1) is 13.6. The third-order valence-corrected chi connectivity index (χ3v) is 3.88. The Morgan fingerprint density at radius 3 is 2.68 bits per heavy atom. The molecule has 8 heteroatoms. The van der Waals surface area contributed by atoms with E-state index in [-0.39, 0.29) is 19.1 Å². The summed E-state index contributed by atoms with van der Waals surface area (Å²) in [5, 5.41) is 2.45. The quantitative estimate of drug-likeness (QED) is 0.548. The summed E-state index contributed by atoms with van der Waals surface area (Å²) in [5.41, 5.74) is 0.653. The van der Waals surface area contributed by atoms with E-state index in [0.29, 0.717) is 35.0 Å². The number of hydrogen-bond acceptors (Lipinski definition) is 7. The van der Waals surface area contributed by atoms with Crippen LogP contribution in [0, 0.1) is 0 Å². The SMILES string of the molecule is CCOc1ccccc1C(=O)NCC(=O)OCC(=O)c1ccc2c(c1)OCO2. The van der Waals surface area contributed by atoms with Crippen molar-refractivity contribution in [2.24, 2.45) is 0 Å². The number of fused-ring (bicyclic) bond motifs is 1. The van der Waals surface area contributed by atoms with Gasteiger partial charge in [0.1, 0.15) is 12.3 Å². The maximum absolute atomic E-state index is 12.2. The Kier molecular flexibility index (Phi) is 6.11. The van der Waals surface area contributed by atoms with Crippen LogP contribution in [0.3, 0.4) is 0 Å². The van der Waals surface area contributed by atoms with Crippen LogP contribution in [-0.4, -0.2) is 44.2 Å². The second kappa shape index (κ2) is 8.90. The molecule has 1 amide bonds. The lowest BCUT2D eigenvalue weighted by Crippen LogP contribution is -2.31. The number of nitrogens with one attached hydrogen (secondary N) is 1. The lowest BCUT2D eigenvalue weighted by atomic mass is 10.1. The first kappa shape index (κ1) is 19.2. The third kappa shape index (κ3) is 4.59. The van der Waals surface area contributed by atoms with E-state index in [1.165, 1.54) is 6.07 Å². The van der Waals surface area contributed by atoms with Gasteiger partial charge in [-0.05, 0) is 37.3 Å². The lowest BCUT2D eigenvalue weighted by molar-refractivity contribution is -0.141. The molecule has 0 bridgehead atoms. The first-order valence-corrected chi connectivity index (χ1v) is 8.67. The fourth-order valence-corrected chi connectivity index (χ4v) is 2.53. The summed E-state index contributed by atoms with van der Waals surface area (Å²) < 4.78 is 20.7. The van der Waals surface area contributed by atoms with Crippen LogP contribution in [0.15, 0.2) is 42.5 Å². The molecule has 146 valence electrons. The highest BCUT2D eigenvalue weighted by Gasteiger charge is 2.18. The highest BCUT2D eigenvalue weighted by molar-refractivity contribution is 6.00. The van der Waals surface area contributed by atoms with Crippen LogP contribution in [0.1, 0.15) is 27.6 Å². The van der Waals surface area contributed by atoms with Crippen LogP contribution < -0.4 is 19.5 Å². The molecule has 0 spiro atoms. The van der Waals surface area contributed by atoms with Crippen LogP contribution in [0.25, 0.3) is 0 Å². The smallest absolute Gasteiger partial charge is 0.325 e. The zero-order valence-electron chi connectivity index (χ0n) is 15.2. The maximum atomic E-state index is 12.2. The molecule has 3 rings (SSSR count). The molecule has 0 radical (unpaired) electrons. The number of ketones is 1. The highest BCUT2D eigenvalue weighted by atomic mass is 16.7. The van der Waals surface area contributed by atoms with E-state index in [9.17, 15) is 14.4 Å². The Bertz CT molecular complexity index is 894. The van der Waals surface area contributed by atoms with Crippen LogP contribution in [0.2, 0.25) is 0 Å². The number of rotatable bonds is 8. The van der Waals surface area contributed by atoms with Gasteiger partial charge in [0.05, 0.1) is 12.2 Å². The van der Waals surface area contributed by atoms with E-state index in [1.54, 1.807) is 36.4 Å². The van der Waals surface area contributed by atoms with Crippen LogP contribution >= 0.6 is 0 Å². The summed E-state index contributed by atoms with van der Waals surface area (Å²) in [6.07, 6.45) is 0. The summed E-state index contributed by atoms with van der Waals surface area (Å²) in [4.78, 5) is 36.2. The monoisotopic (exact) mass is 385 g/mol. The Labute approximate surface area is 161 Å². The molecule has 1 aliphatic rings. The summed E-state index contributed by atoms with van der Waals surface area (Å²) in [7, 11) is 0. The second-order valence-corrected chi connectivity index (χ2v) is 5.76. The first-order valence-electron chi connectivity index (χ1n) is 8.67. The van der Waals surface area contributed by atoms with Crippen molar-refractivity contribution < 1.29 is 33.3 Å². The van der Waals surface area contributed by atoms with Gasteiger partial charge in [0.25, 0.3) is 5.91 Å². The predicted octanol–water partition coefficient (Wildman–Crippen LogP) is 1.97. The van der Waals surface area contributed by atoms with Gasteiger partial charge in [-0.2, -0.15) is 0 Å². The third-order valence-electron chi connectivity index (χ3n) is 3.88. The van der Waals surface area contributed by atoms with Gasteiger partial charge >= 0.3 is 5.97 Å². The van der Waals surface area contributed by atoms with Gasteiger partial charge in [0, 0.05) is 5.56 Å². The number of para-hydroxylation sites is 1. The minimum atomic E-state index is -0.726. The van der Waals surface area contributed by atoms with Crippen molar-refractivity contribution in [3.05, 3.63) is 53.6 Å². The summed E-state index contributed by atoms with van der Waals surface area (Å²) >= 11 is 0. The molecule has 28 heavy (non-hydrogen) atoms. The van der Waals surface area contributed by atoms with E-state index in [2.05, 4.69) is 5.32 Å². The van der Waals surface area contributed by atoms with Gasteiger partial charge in [-0.1, -0.05) is 12.1 Å². The van der Waals surface area contributed by atoms with Crippen molar-refractivity contribution in [2.45, 2.75) is 6.92 Å². The minimum absolute atomic E-state index is 0.105. The molecule has 0 saturated carbocycles. The lowest BCUT2D eigenvalue weighted by Gasteiger charge is -2.10. The molecule has 1 N–H and O–H groups in total. The molecule has 0 aliphatic carbocycles. The van der Waals surface area contributed by atoms with Gasteiger partial charge < -0.3 is 24.3 Å². The van der Waals surface area contributed by atoms with E-state index in [0.717, 1.165) is 0 Å². The second-order valence-electron chi connectivity index (χ2n) is 5.76. The maximum Gasteiger partial charge on any atom is 0.325 e. The molecule has 1 aliphatic heterocycles. The van der Waals surface area contributed by atoms with Crippen LogP contribution in [-0.2, 0) is 9.53 Å². The molecule has 0 aromatic heterocycles. The van der Waals surface area contributed by atoms with E-state index < -0.39 is 18.5 Å². The number of Topliss-reactive ketones (excluding diaryl/α,β-unsaturated/α-hetero) is 1. The highest BCUT2D eigenvalue weighted by Crippen LogP contribution is 2.32. The molecule has 2 aromatic rings. The van der Waals surface area contributed by atoms with Gasteiger partial charge in [0.15, 0.2) is 23.9 Å². The van der Waals surface area contributed by atoms with Crippen molar-refractivity contribution in [1.29, 1.82) is 0 Å². The van der Waals surface area contributed by atoms with E-state index in [4.69, 9.17) is 18.9 Å². The Morgan fingerprint density at radius 2 is 1.86 bits per heavy atom. The molecular weight excluding hydrogens is 366 g/mol. The summed E-state index contributed by atoms with van der Waals surface area (Å²) in [5.74, 6) is -0.131. The molecule has 8 nitrogen and oxygen atoms in total. The zero-order chi connectivity index (χ0) is 19.9. The number of ether oxygens (including phenoxy) is 4. The zero-order valence-corrected chi connectivity index (χ0v) is 15.2. The summed E-state index contributed by atoms with van der Waals surface area (Å²) in [6, 6.07) is 11.4. The molecule has 0 fully saturated rings. The van der Waals surface area contributed by atoms with Gasteiger partial charge in [-0.3, -0.25) is 14.4 Å². The topological polar surface area (TPSA) is 100 Å². The number of carbonyl (C=O) groups excluding carboxylic acids is 3. The van der Waals surface area contributed by atoms with Crippen molar-refractivity contribution in [3.8, 4) is 17.2 Å². The number of benzene rings is 2. The van der Waals surface area contributed by atoms with Gasteiger partial charge in [-0.15, -0.1) is 0 Å². The Balaban J connectivity index is 1.48. The van der Waals surface area contributed by atoms with Crippen LogP contribution in [0.5, 0.6) is 17.2 Å². The minimum Gasteiger partial charge on any atom is -0.493 e. The average molecular weight is 385 g/mol. The normalized spacial score (nSPS) is 11.6. The summed E-state index contributed by atoms with van der Waals surface area (Å²) in [6.45, 7) is 1.52. The molecule has 0 unspecified atom stereocenters. The van der Waals surface area contributed by atoms with E-state index in [1.807, 2.05) is 6.92 Å². The fraction of sp³-hybridized carbons (Fsp3) is 0.250. The molecular formula is C20H19NO7. The Hall–Kier alpha value is -3.55. The van der Waals surface area contributed by atoms with Crippen molar-refractivity contribution in [1.82, 2.24) is 5.32 Å². The molecule has 0 atom stereocenters. The Morgan fingerprint density at radius 1 is 1.07 bits per heavy atom. The van der Waals surface area contributed by atoms with Gasteiger partial charge in [-0.25, -0.2) is 0 Å². The number of amides is 1. The van der Waals surface area contributed by atoms with Gasteiger partial charge in [0.2, 0.25) is 6.79 Å². The molecule has 1 heterocycles. The predicted molar refractivity (Wildman–Crippen MR) is 97.8 cm³/mol. The fourth-order valence-electron chi connectivity index (χ4n) is 2.53. The number of carbonyl (C=O) groups is 3. The molecule has 2 aromatic carbocycles. The standard InChI is InChI=1S/C20H19NO7/c1-2-25-16-6-4-3-5-14(16)20(24)21-10-19(23)26-11-15(22)13-7-8-17-18(9-13)28-12-27-17/h3-9H,2,10-12H2,1H3,(H,21,24). The number of esters is 1. The average Bonchev–Trinajstić information content (AvgIpc) is 3.18. The van der Waals surface area contributed by atoms with Crippen molar-refractivity contribution >= 4 is 17.7 Å². The molecule has 0 saturated heterocycles. The van der Waals surface area contributed by atoms with Crippen molar-refractivity contribution in [3.63, 3.8) is 0 Å². The largest absolute Gasteiger partial charge is 0.493 e. The number of hydrogen-bond donors (Lipinski definition) is 1. The van der Waals surface area contributed by atoms with Crippen molar-refractivity contribution in [2.75, 3.05) is 26.6 Å². The van der Waals surface area contributed by atoms with Crippen LogP contribution in [0.4, 0.5) is 0 Å². The van der Waals surface area contributed by atoms with E-state index >= 15 is 0 Å².